The lowest BCUT2D eigenvalue weighted by molar-refractivity contribution is -0.120. The maximum absolute atomic E-state index is 11.0. The number of likely N-dealkylation sites (tertiary alicyclic amines) is 1. The fourth-order valence-electron chi connectivity index (χ4n) is 2.28. The maximum Gasteiger partial charge on any atom is 0.217 e. The Morgan fingerprint density at radius 1 is 1.47 bits per heavy atom. The minimum atomic E-state index is 0.0950. The van der Waals surface area contributed by atoms with Crippen molar-refractivity contribution >= 4 is 5.91 Å². The van der Waals surface area contributed by atoms with Gasteiger partial charge in [0.25, 0.3) is 0 Å². The van der Waals surface area contributed by atoms with Gasteiger partial charge in [-0.25, -0.2) is 0 Å². The lowest BCUT2D eigenvalue weighted by atomic mass is 9.94. The van der Waals surface area contributed by atoms with E-state index in [1.807, 2.05) is 0 Å². The summed E-state index contributed by atoms with van der Waals surface area (Å²) in [6, 6.07) is 0.360. The largest absolute Gasteiger partial charge is 0.352 e. The van der Waals surface area contributed by atoms with Gasteiger partial charge in [0.1, 0.15) is 0 Å². The zero-order valence-corrected chi connectivity index (χ0v) is 10.5. The fraction of sp³-hybridized carbons (Fsp3) is 0.917. The van der Waals surface area contributed by atoms with Crippen LogP contribution in [0.3, 0.4) is 0 Å². The number of amides is 1. The summed E-state index contributed by atoms with van der Waals surface area (Å²) in [7, 11) is 0. The molecule has 0 aromatic rings. The van der Waals surface area contributed by atoms with Gasteiger partial charge in [0.05, 0.1) is 0 Å². The smallest absolute Gasteiger partial charge is 0.217 e. The lowest BCUT2D eigenvalue weighted by Crippen LogP contribution is -2.49. The molecule has 1 rings (SSSR count). The molecule has 1 fully saturated rings. The van der Waals surface area contributed by atoms with Crippen molar-refractivity contribution in [3.63, 3.8) is 0 Å². The van der Waals surface area contributed by atoms with E-state index in [2.05, 4.69) is 31.0 Å². The summed E-state index contributed by atoms with van der Waals surface area (Å²) in [5.74, 6) is 0.0950. The minimum absolute atomic E-state index is 0.0950. The first-order valence-corrected chi connectivity index (χ1v) is 5.86. The van der Waals surface area contributed by atoms with Crippen LogP contribution in [0.15, 0.2) is 0 Å². The van der Waals surface area contributed by atoms with Crippen LogP contribution in [-0.4, -0.2) is 36.5 Å². The molecule has 1 heterocycles. The number of rotatable bonds is 2. The van der Waals surface area contributed by atoms with Gasteiger partial charge in [-0.2, -0.15) is 0 Å². The van der Waals surface area contributed by atoms with Crippen LogP contribution < -0.4 is 5.32 Å². The quantitative estimate of drug-likeness (QED) is 0.754. The Hall–Kier alpha value is -0.570. The molecule has 1 amide bonds. The SMILES string of the molecule is CC(=O)NC1CCCN(CC(C)(C)C)C1. The van der Waals surface area contributed by atoms with E-state index < -0.39 is 0 Å². The van der Waals surface area contributed by atoms with Gasteiger partial charge < -0.3 is 10.2 Å². The highest BCUT2D eigenvalue weighted by atomic mass is 16.1. The molecule has 0 aromatic heterocycles. The second-order valence-corrected chi connectivity index (χ2v) is 5.84. The Morgan fingerprint density at radius 2 is 2.13 bits per heavy atom. The Balaban J connectivity index is 2.38. The van der Waals surface area contributed by atoms with Gasteiger partial charge in [-0.15, -0.1) is 0 Å². The van der Waals surface area contributed by atoms with Crippen molar-refractivity contribution in [2.75, 3.05) is 19.6 Å². The normalized spacial score (nSPS) is 23.9. The first-order valence-electron chi connectivity index (χ1n) is 5.86. The van der Waals surface area contributed by atoms with Crippen LogP contribution in [0, 0.1) is 5.41 Å². The van der Waals surface area contributed by atoms with E-state index in [9.17, 15) is 4.79 Å². The topological polar surface area (TPSA) is 32.3 Å². The third-order valence-corrected chi connectivity index (χ3v) is 2.61. The van der Waals surface area contributed by atoms with E-state index in [0.29, 0.717) is 11.5 Å². The highest BCUT2D eigenvalue weighted by Crippen LogP contribution is 2.18. The molecule has 1 atom stereocenters. The predicted molar refractivity (Wildman–Crippen MR) is 62.7 cm³/mol. The molecule has 1 N–H and O–H groups in total. The Labute approximate surface area is 93.2 Å². The number of hydrogen-bond donors (Lipinski definition) is 1. The van der Waals surface area contributed by atoms with Crippen molar-refractivity contribution < 1.29 is 4.79 Å². The first kappa shape index (κ1) is 12.5. The summed E-state index contributed by atoms with van der Waals surface area (Å²) < 4.78 is 0. The molecular weight excluding hydrogens is 188 g/mol. The first-order chi connectivity index (χ1) is 6.87. The maximum atomic E-state index is 11.0. The number of carbonyl (C=O) groups excluding carboxylic acids is 1. The third-order valence-electron chi connectivity index (χ3n) is 2.61. The summed E-state index contributed by atoms with van der Waals surface area (Å²) in [5, 5.41) is 3.02. The Morgan fingerprint density at radius 3 is 2.67 bits per heavy atom. The number of carbonyl (C=O) groups is 1. The van der Waals surface area contributed by atoms with Crippen molar-refractivity contribution in [1.29, 1.82) is 0 Å². The van der Waals surface area contributed by atoms with Crippen LogP contribution in [0.25, 0.3) is 0 Å². The second kappa shape index (κ2) is 4.97. The zero-order valence-electron chi connectivity index (χ0n) is 10.5. The summed E-state index contributed by atoms with van der Waals surface area (Å²) in [6.45, 7) is 11.7. The average Bonchev–Trinajstić information content (AvgIpc) is 1.99. The van der Waals surface area contributed by atoms with Gasteiger partial charge in [0.15, 0.2) is 0 Å². The average molecular weight is 212 g/mol. The van der Waals surface area contributed by atoms with Crippen LogP contribution >= 0.6 is 0 Å². The van der Waals surface area contributed by atoms with Crippen molar-refractivity contribution in [2.45, 2.75) is 46.6 Å². The Bertz CT molecular complexity index is 220. The van der Waals surface area contributed by atoms with Crippen LogP contribution in [0.4, 0.5) is 0 Å². The van der Waals surface area contributed by atoms with Crippen LogP contribution in [0.2, 0.25) is 0 Å². The molecule has 0 aliphatic carbocycles. The van der Waals surface area contributed by atoms with E-state index in [1.54, 1.807) is 6.92 Å². The van der Waals surface area contributed by atoms with E-state index >= 15 is 0 Å². The van der Waals surface area contributed by atoms with Crippen molar-refractivity contribution in [1.82, 2.24) is 10.2 Å². The van der Waals surface area contributed by atoms with Gasteiger partial charge in [-0.05, 0) is 24.8 Å². The number of hydrogen-bond acceptors (Lipinski definition) is 2. The molecular formula is C12H24N2O. The molecule has 1 aliphatic heterocycles. The summed E-state index contributed by atoms with van der Waals surface area (Å²) in [5.41, 5.74) is 0.345. The molecule has 0 aromatic carbocycles. The van der Waals surface area contributed by atoms with E-state index in [4.69, 9.17) is 0 Å². The highest BCUT2D eigenvalue weighted by molar-refractivity contribution is 5.73. The van der Waals surface area contributed by atoms with E-state index in [-0.39, 0.29) is 5.91 Å². The van der Waals surface area contributed by atoms with Crippen molar-refractivity contribution in [3.05, 3.63) is 0 Å². The highest BCUT2D eigenvalue weighted by Gasteiger charge is 2.23. The molecule has 0 saturated carbocycles. The number of nitrogens with zero attached hydrogens (tertiary/aromatic N) is 1. The molecule has 0 spiro atoms. The standard InChI is InChI=1S/C12H24N2O/c1-10(15)13-11-6-5-7-14(8-11)9-12(2,3)4/h11H,5-9H2,1-4H3,(H,13,15). The molecule has 1 aliphatic rings. The zero-order chi connectivity index (χ0) is 11.5. The number of nitrogens with one attached hydrogen (secondary N) is 1. The Kier molecular flexibility index (Phi) is 4.14. The summed E-state index contributed by atoms with van der Waals surface area (Å²) in [6.07, 6.45) is 2.32. The predicted octanol–water partition coefficient (Wildman–Crippen LogP) is 1.63. The van der Waals surface area contributed by atoms with Gasteiger partial charge in [0.2, 0.25) is 5.91 Å². The molecule has 1 unspecified atom stereocenters. The summed E-state index contributed by atoms with van der Waals surface area (Å²) in [4.78, 5) is 13.4. The van der Waals surface area contributed by atoms with Gasteiger partial charge in [-0.3, -0.25) is 4.79 Å². The van der Waals surface area contributed by atoms with Crippen molar-refractivity contribution in [3.8, 4) is 0 Å². The second-order valence-electron chi connectivity index (χ2n) is 5.84. The molecule has 15 heavy (non-hydrogen) atoms. The van der Waals surface area contributed by atoms with Gasteiger partial charge >= 0.3 is 0 Å². The van der Waals surface area contributed by atoms with E-state index in [0.717, 1.165) is 19.5 Å². The van der Waals surface area contributed by atoms with E-state index in [1.165, 1.54) is 13.0 Å². The van der Waals surface area contributed by atoms with Crippen molar-refractivity contribution in [2.24, 2.45) is 5.41 Å². The van der Waals surface area contributed by atoms with Gasteiger partial charge in [0, 0.05) is 26.1 Å². The molecule has 3 nitrogen and oxygen atoms in total. The fourth-order valence-corrected chi connectivity index (χ4v) is 2.28. The lowest BCUT2D eigenvalue weighted by Gasteiger charge is -2.36. The minimum Gasteiger partial charge on any atom is -0.352 e. The van der Waals surface area contributed by atoms with Gasteiger partial charge in [-0.1, -0.05) is 20.8 Å². The molecule has 0 radical (unpaired) electrons. The molecule has 1 saturated heterocycles. The monoisotopic (exact) mass is 212 g/mol. The molecule has 88 valence electrons. The summed E-state index contributed by atoms with van der Waals surface area (Å²) >= 11 is 0. The molecule has 3 heteroatoms. The molecule has 0 bridgehead atoms. The van der Waals surface area contributed by atoms with Crippen LogP contribution in [0.5, 0.6) is 0 Å². The number of piperidine rings is 1. The van der Waals surface area contributed by atoms with Crippen LogP contribution in [-0.2, 0) is 4.79 Å². The third kappa shape index (κ3) is 5.17. The van der Waals surface area contributed by atoms with Crippen LogP contribution in [0.1, 0.15) is 40.5 Å².